The smallest absolute Gasteiger partial charge is 0.412 e. The lowest BCUT2D eigenvalue weighted by atomic mass is 10.2. The average molecular weight is 280 g/mol. The molecule has 1 atom stereocenters. The number of carbonyl (C=O) groups is 1. The van der Waals surface area contributed by atoms with Gasteiger partial charge in [0.2, 0.25) is 0 Å². The van der Waals surface area contributed by atoms with E-state index in [1.807, 2.05) is 0 Å². The predicted octanol–water partition coefficient (Wildman–Crippen LogP) is 0.129. The molecule has 18 heavy (non-hydrogen) atoms. The Balaban J connectivity index is 2.73. The number of rotatable bonds is 2. The van der Waals surface area contributed by atoms with Crippen LogP contribution in [0.3, 0.4) is 0 Å². The molecule has 1 rings (SSSR count). The van der Waals surface area contributed by atoms with Gasteiger partial charge < -0.3 is 10.1 Å². The summed E-state index contributed by atoms with van der Waals surface area (Å²) in [6.07, 6.45) is -0.476. The molecule has 106 valence electrons. The van der Waals surface area contributed by atoms with E-state index in [0.717, 1.165) is 6.26 Å². The van der Waals surface area contributed by atoms with Crippen LogP contribution < -0.4 is 5.32 Å². The maximum atomic E-state index is 11.9. The lowest BCUT2D eigenvalue weighted by Gasteiger charge is -2.35. The van der Waals surface area contributed by atoms with E-state index in [1.165, 1.54) is 4.90 Å². The van der Waals surface area contributed by atoms with Gasteiger partial charge in [0.1, 0.15) is 5.60 Å². The van der Waals surface area contributed by atoms with Crippen LogP contribution in [0.1, 0.15) is 20.8 Å². The molecule has 0 aromatic heterocycles. The first kappa shape index (κ1) is 15.2. The van der Waals surface area contributed by atoms with Crippen molar-refractivity contribution in [3.05, 3.63) is 0 Å². The van der Waals surface area contributed by atoms with E-state index in [1.54, 1.807) is 20.8 Å². The summed E-state index contributed by atoms with van der Waals surface area (Å²) >= 11 is 0. The Morgan fingerprint density at radius 3 is 2.50 bits per heavy atom. The minimum atomic E-state index is -3.62. The Morgan fingerprint density at radius 1 is 1.39 bits per heavy atom. The molecule has 8 heteroatoms. The summed E-state index contributed by atoms with van der Waals surface area (Å²) in [5, 5.41) is 2.97. The molecule has 0 radical (unpaired) electrons. The van der Waals surface area contributed by atoms with Gasteiger partial charge in [0.15, 0.2) is 6.23 Å². The number of hydrogen-bond donors (Lipinski definition) is 1. The van der Waals surface area contributed by atoms with Gasteiger partial charge in [0.25, 0.3) is 10.1 Å². The zero-order valence-electron chi connectivity index (χ0n) is 11.1. The Hall–Kier alpha value is -0.860. The minimum absolute atomic E-state index is 0.256. The maximum Gasteiger partial charge on any atom is 0.412 e. The van der Waals surface area contributed by atoms with Crippen LogP contribution in [0.2, 0.25) is 0 Å². The molecule has 0 spiro atoms. The second kappa shape index (κ2) is 5.41. The fraction of sp³-hybridized carbons (Fsp3) is 0.900. The number of nitrogens with one attached hydrogen (secondary N) is 1. The number of hydrogen-bond acceptors (Lipinski definition) is 6. The molecule has 1 aliphatic heterocycles. The van der Waals surface area contributed by atoms with E-state index in [4.69, 9.17) is 8.92 Å². The van der Waals surface area contributed by atoms with Crippen molar-refractivity contribution in [2.75, 3.05) is 25.9 Å². The molecular formula is C10H20N2O5S. The standard InChI is InChI=1S/C10H20N2O5S/c1-10(2,3)16-9(13)12-6-5-11-7-8(12)17-18(4,14)15/h8,11H,5-7H2,1-4H3. The number of nitrogens with zero attached hydrogens (tertiary/aromatic N) is 1. The maximum absolute atomic E-state index is 11.9. The number of carbonyl (C=O) groups excluding carboxylic acids is 1. The largest absolute Gasteiger partial charge is 0.444 e. The van der Waals surface area contributed by atoms with Gasteiger partial charge in [-0.25, -0.2) is 8.98 Å². The van der Waals surface area contributed by atoms with E-state index in [9.17, 15) is 13.2 Å². The van der Waals surface area contributed by atoms with Crippen LogP contribution in [0, 0.1) is 0 Å². The van der Waals surface area contributed by atoms with Crippen molar-refractivity contribution >= 4 is 16.2 Å². The van der Waals surface area contributed by atoms with E-state index >= 15 is 0 Å². The second-order valence-corrected chi connectivity index (χ2v) is 6.73. The van der Waals surface area contributed by atoms with Crippen molar-refractivity contribution < 1.29 is 22.1 Å². The van der Waals surface area contributed by atoms with Gasteiger partial charge in [-0.15, -0.1) is 0 Å². The summed E-state index contributed by atoms with van der Waals surface area (Å²) in [4.78, 5) is 13.2. The first-order chi connectivity index (χ1) is 8.08. The van der Waals surface area contributed by atoms with Gasteiger partial charge in [0.05, 0.1) is 6.26 Å². The highest BCUT2D eigenvalue weighted by Crippen LogP contribution is 2.14. The summed E-state index contributed by atoms with van der Waals surface area (Å²) in [5.41, 5.74) is -0.627. The first-order valence-corrected chi connectivity index (χ1v) is 7.49. The summed E-state index contributed by atoms with van der Waals surface area (Å²) in [6, 6.07) is 0. The number of amides is 1. The SMILES string of the molecule is CC(C)(C)OC(=O)N1CCNCC1OS(C)(=O)=O. The third-order valence-corrected chi connectivity index (χ3v) is 2.68. The van der Waals surface area contributed by atoms with Crippen LogP contribution in [0.5, 0.6) is 0 Å². The summed E-state index contributed by atoms with van der Waals surface area (Å²) in [6.45, 7) is 6.42. The van der Waals surface area contributed by atoms with Crippen LogP contribution in [0.15, 0.2) is 0 Å². The topological polar surface area (TPSA) is 84.9 Å². The highest BCUT2D eigenvalue weighted by Gasteiger charge is 2.33. The van der Waals surface area contributed by atoms with Crippen molar-refractivity contribution in [2.45, 2.75) is 32.6 Å². The van der Waals surface area contributed by atoms with Gasteiger partial charge in [0, 0.05) is 19.6 Å². The highest BCUT2D eigenvalue weighted by atomic mass is 32.2. The molecule has 1 N–H and O–H groups in total. The van der Waals surface area contributed by atoms with Gasteiger partial charge in [-0.05, 0) is 20.8 Å². The molecule has 1 amide bonds. The van der Waals surface area contributed by atoms with Gasteiger partial charge in [-0.2, -0.15) is 8.42 Å². The monoisotopic (exact) mass is 280 g/mol. The predicted molar refractivity (Wildman–Crippen MR) is 65.5 cm³/mol. The molecular weight excluding hydrogens is 260 g/mol. The third kappa shape index (κ3) is 5.19. The van der Waals surface area contributed by atoms with Crippen LogP contribution in [0.25, 0.3) is 0 Å². The van der Waals surface area contributed by atoms with E-state index < -0.39 is 28.0 Å². The molecule has 1 unspecified atom stereocenters. The zero-order chi connectivity index (χ0) is 14.0. The molecule has 0 bridgehead atoms. The Labute approximate surface area is 108 Å². The average Bonchev–Trinajstić information content (AvgIpc) is 2.12. The molecule has 1 fully saturated rings. The van der Waals surface area contributed by atoms with E-state index in [0.29, 0.717) is 13.1 Å². The Morgan fingerprint density at radius 2 is 2.00 bits per heavy atom. The van der Waals surface area contributed by atoms with E-state index in [-0.39, 0.29) is 6.54 Å². The summed E-state index contributed by atoms with van der Waals surface area (Å²) < 4.78 is 32.3. The van der Waals surface area contributed by atoms with Crippen LogP contribution >= 0.6 is 0 Å². The van der Waals surface area contributed by atoms with Gasteiger partial charge >= 0.3 is 6.09 Å². The zero-order valence-corrected chi connectivity index (χ0v) is 11.9. The van der Waals surface area contributed by atoms with Crippen molar-refractivity contribution in [3.63, 3.8) is 0 Å². The van der Waals surface area contributed by atoms with Gasteiger partial charge in [-0.3, -0.25) is 4.90 Å². The van der Waals surface area contributed by atoms with Crippen LogP contribution in [-0.4, -0.2) is 57.1 Å². The van der Waals surface area contributed by atoms with Crippen molar-refractivity contribution in [3.8, 4) is 0 Å². The molecule has 0 aliphatic carbocycles. The van der Waals surface area contributed by atoms with Crippen molar-refractivity contribution in [1.29, 1.82) is 0 Å². The molecule has 1 aliphatic rings. The summed E-state index contributed by atoms with van der Waals surface area (Å²) in [5.74, 6) is 0. The molecule has 0 saturated carbocycles. The number of piperazine rings is 1. The lowest BCUT2D eigenvalue weighted by Crippen LogP contribution is -2.56. The van der Waals surface area contributed by atoms with Crippen molar-refractivity contribution in [1.82, 2.24) is 10.2 Å². The fourth-order valence-corrected chi connectivity index (χ4v) is 2.07. The minimum Gasteiger partial charge on any atom is -0.444 e. The molecule has 1 heterocycles. The highest BCUT2D eigenvalue weighted by molar-refractivity contribution is 7.86. The van der Waals surface area contributed by atoms with Gasteiger partial charge in [-0.1, -0.05) is 0 Å². The Kier molecular flexibility index (Phi) is 4.57. The molecule has 0 aromatic carbocycles. The third-order valence-electron chi connectivity index (χ3n) is 2.11. The van der Waals surface area contributed by atoms with Crippen LogP contribution in [0.4, 0.5) is 4.79 Å². The Bertz CT molecular complexity index is 401. The van der Waals surface area contributed by atoms with Crippen LogP contribution in [-0.2, 0) is 19.0 Å². The number of ether oxygens (including phenoxy) is 1. The van der Waals surface area contributed by atoms with E-state index in [2.05, 4.69) is 5.32 Å². The normalized spacial score (nSPS) is 21.8. The summed E-state index contributed by atoms with van der Waals surface area (Å²) in [7, 11) is -3.62. The second-order valence-electron chi connectivity index (χ2n) is 5.13. The molecule has 1 saturated heterocycles. The quantitative estimate of drug-likeness (QED) is 0.724. The lowest BCUT2D eigenvalue weighted by molar-refractivity contribution is -0.0258. The van der Waals surface area contributed by atoms with Crippen molar-refractivity contribution in [2.24, 2.45) is 0 Å². The first-order valence-electron chi connectivity index (χ1n) is 5.67. The molecule has 0 aromatic rings. The molecule has 7 nitrogen and oxygen atoms in total. The fourth-order valence-electron chi connectivity index (χ4n) is 1.50.